The first-order valence-electron chi connectivity index (χ1n) is 7.76. The van der Waals surface area contributed by atoms with Crippen LogP contribution in [0, 0.1) is 0 Å². The normalized spacial score (nSPS) is 10.5. The minimum atomic E-state index is -0.135. The Morgan fingerprint density at radius 2 is 1.96 bits per heavy atom. The molecule has 0 aliphatic rings. The van der Waals surface area contributed by atoms with Crippen LogP contribution in [0.3, 0.4) is 0 Å². The van der Waals surface area contributed by atoms with E-state index in [1.165, 1.54) is 6.92 Å². The van der Waals surface area contributed by atoms with Crippen molar-refractivity contribution in [2.45, 2.75) is 13.3 Å². The van der Waals surface area contributed by atoms with Gasteiger partial charge in [-0.2, -0.15) is 0 Å². The van der Waals surface area contributed by atoms with Crippen LogP contribution in [-0.2, 0) is 11.2 Å². The Bertz CT molecular complexity index is 877. The Morgan fingerprint density at radius 3 is 2.75 bits per heavy atom. The van der Waals surface area contributed by atoms with E-state index in [4.69, 9.17) is 10.5 Å². The van der Waals surface area contributed by atoms with Gasteiger partial charge in [0.1, 0.15) is 11.6 Å². The number of rotatable bonds is 5. The van der Waals surface area contributed by atoms with E-state index < -0.39 is 0 Å². The van der Waals surface area contributed by atoms with Crippen LogP contribution in [0.5, 0.6) is 5.75 Å². The molecule has 3 N–H and O–H groups in total. The van der Waals surface area contributed by atoms with E-state index in [2.05, 4.69) is 10.3 Å². The molecule has 1 amide bonds. The molecule has 3 aromatic rings. The first-order chi connectivity index (χ1) is 11.6. The molecular formula is C19H19N3O2. The Balaban J connectivity index is 1.69. The minimum absolute atomic E-state index is 0.135. The highest BCUT2D eigenvalue weighted by atomic mass is 16.5. The van der Waals surface area contributed by atoms with E-state index in [0.29, 0.717) is 18.8 Å². The Hall–Kier alpha value is -3.08. The first-order valence-corrected chi connectivity index (χ1v) is 7.76. The molecule has 0 aliphatic carbocycles. The van der Waals surface area contributed by atoms with Gasteiger partial charge in [0.25, 0.3) is 0 Å². The van der Waals surface area contributed by atoms with Crippen molar-refractivity contribution >= 4 is 28.2 Å². The Labute approximate surface area is 140 Å². The van der Waals surface area contributed by atoms with Gasteiger partial charge in [-0.1, -0.05) is 24.3 Å². The number of carbonyl (C=O) groups excluding carboxylic acids is 1. The van der Waals surface area contributed by atoms with Crippen molar-refractivity contribution in [3.63, 3.8) is 0 Å². The maximum atomic E-state index is 11.1. The second-order valence-electron chi connectivity index (χ2n) is 5.53. The number of ether oxygens (including phenoxy) is 1. The Morgan fingerprint density at radius 1 is 1.17 bits per heavy atom. The summed E-state index contributed by atoms with van der Waals surface area (Å²) in [6.45, 7) is 1.99. The predicted octanol–water partition coefficient (Wildman–Crippen LogP) is 3.40. The van der Waals surface area contributed by atoms with Crippen LogP contribution >= 0.6 is 0 Å². The van der Waals surface area contributed by atoms with Gasteiger partial charge in [0.15, 0.2) is 0 Å². The number of aromatic nitrogens is 1. The van der Waals surface area contributed by atoms with Crippen molar-refractivity contribution in [2.75, 3.05) is 17.7 Å². The molecule has 122 valence electrons. The number of anilines is 2. The van der Waals surface area contributed by atoms with Crippen LogP contribution in [0.1, 0.15) is 12.5 Å². The van der Waals surface area contributed by atoms with Gasteiger partial charge >= 0.3 is 0 Å². The summed E-state index contributed by atoms with van der Waals surface area (Å²) in [7, 11) is 0. The third kappa shape index (κ3) is 3.63. The fourth-order valence-corrected chi connectivity index (χ4v) is 2.58. The standard InChI is InChI=1S/C19H19N3O2/c1-13(23)22-19-12-14(8-10-21-19)9-11-24-18-7-6-17(20)15-4-2-3-5-16(15)18/h2-8,10,12H,9,11,20H2,1H3,(H,21,22,23). The molecule has 0 unspecified atom stereocenters. The topological polar surface area (TPSA) is 77.2 Å². The summed E-state index contributed by atoms with van der Waals surface area (Å²) in [6, 6.07) is 15.4. The van der Waals surface area contributed by atoms with Gasteiger partial charge in [0.2, 0.25) is 5.91 Å². The zero-order chi connectivity index (χ0) is 16.9. The number of nitrogens with zero attached hydrogens (tertiary/aromatic N) is 1. The maximum Gasteiger partial charge on any atom is 0.222 e. The third-order valence-corrected chi connectivity index (χ3v) is 3.69. The minimum Gasteiger partial charge on any atom is -0.493 e. The van der Waals surface area contributed by atoms with Crippen molar-refractivity contribution in [3.8, 4) is 5.75 Å². The summed E-state index contributed by atoms with van der Waals surface area (Å²) in [6.07, 6.45) is 2.40. The second kappa shape index (κ2) is 7.00. The molecule has 1 aromatic heterocycles. The van der Waals surface area contributed by atoms with Gasteiger partial charge in [0.05, 0.1) is 6.61 Å². The van der Waals surface area contributed by atoms with Crippen molar-refractivity contribution in [3.05, 3.63) is 60.3 Å². The van der Waals surface area contributed by atoms with Crippen LogP contribution in [0.2, 0.25) is 0 Å². The molecule has 0 spiro atoms. The van der Waals surface area contributed by atoms with Crippen molar-refractivity contribution in [2.24, 2.45) is 0 Å². The molecule has 0 saturated heterocycles. The van der Waals surface area contributed by atoms with Crippen LogP contribution in [0.15, 0.2) is 54.7 Å². The number of nitrogen functional groups attached to an aromatic ring is 1. The number of nitrogens with two attached hydrogens (primary N) is 1. The van der Waals surface area contributed by atoms with Crippen LogP contribution < -0.4 is 15.8 Å². The highest BCUT2D eigenvalue weighted by molar-refractivity contribution is 5.97. The summed E-state index contributed by atoms with van der Waals surface area (Å²) in [5, 5.41) is 4.68. The number of hydrogen-bond donors (Lipinski definition) is 2. The fraction of sp³-hybridized carbons (Fsp3) is 0.158. The van der Waals surface area contributed by atoms with Gasteiger partial charge in [0, 0.05) is 36.0 Å². The number of amides is 1. The lowest BCUT2D eigenvalue weighted by atomic mass is 10.1. The van der Waals surface area contributed by atoms with E-state index in [9.17, 15) is 4.79 Å². The molecule has 0 bridgehead atoms. The number of hydrogen-bond acceptors (Lipinski definition) is 4. The average molecular weight is 321 g/mol. The summed E-state index contributed by atoms with van der Waals surface area (Å²) < 4.78 is 5.94. The van der Waals surface area contributed by atoms with Crippen molar-refractivity contribution in [1.82, 2.24) is 4.98 Å². The molecule has 2 aromatic carbocycles. The number of pyridine rings is 1. The monoisotopic (exact) mass is 321 g/mol. The van der Waals surface area contributed by atoms with Crippen LogP contribution in [-0.4, -0.2) is 17.5 Å². The molecule has 3 rings (SSSR count). The molecule has 0 radical (unpaired) electrons. The van der Waals surface area contributed by atoms with Crippen molar-refractivity contribution < 1.29 is 9.53 Å². The van der Waals surface area contributed by atoms with Crippen molar-refractivity contribution in [1.29, 1.82) is 0 Å². The van der Waals surface area contributed by atoms with E-state index in [-0.39, 0.29) is 5.91 Å². The second-order valence-corrected chi connectivity index (χ2v) is 5.53. The SMILES string of the molecule is CC(=O)Nc1cc(CCOc2ccc(N)c3ccccc23)ccn1. The van der Waals surface area contributed by atoms with Crippen LogP contribution in [0.25, 0.3) is 10.8 Å². The highest BCUT2D eigenvalue weighted by Crippen LogP contribution is 2.29. The molecule has 0 fully saturated rings. The smallest absolute Gasteiger partial charge is 0.222 e. The van der Waals surface area contributed by atoms with E-state index in [1.54, 1.807) is 6.20 Å². The predicted molar refractivity (Wildman–Crippen MR) is 96.1 cm³/mol. The van der Waals surface area contributed by atoms with Gasteiger partial charge in [-0.15, -0.1) is 0 Å². The molecule has 0 aliphatic heterocycles. The van der Waals surface area contributed by atoms with Crippen LogP contribution in [0.4, 0.5) is 11.5 Å². The molecular weight excluding hydrogens is 302 g/mol. The summed E-state index contributed by atoms with van der Waals surface area (Å²) in [4.78, 5) is 15.2. The number of carbonyl (C=O) groups is 1. The number of benzene rings is 2. The van der Waals surface area contributed by atoms with E-state index in [0.717, 1.165) is 27.8 Å². The van der Waals surface area contributed by atoms with E-state index >= 15 is 0 Å². The largest absolute Gasteiger partial charge is 0.493 e. The quantitative estimate of drug-likeness (QED) is 0.706. The summed E-state index contributed by atoms with van der Waals surface area (Å²) >= 11 is 0. The fourth-order valence-electron chi connectivity index (χ4n) is 2.58. The first kappa shape index (κ1) is 15.8. The van der Waals surface area contributed by atoms with Gasteiger partial charge in [-0.25, -0.2) is 4.98 Å². The van der Waals surface area contributed by atoms with Gasteiger partial charge in [-0.3, -0.25) is 4.79 Å². The third-order valence-electron chi connectivity index (χ3n) is 3.69. The summed E-state index contributed by atoms with van der Waals surface area (Å²) in [5.41, 5.74) is 7.80. The zero-order valence-electron chi connectivity index (χ0n) is 13.5. The maximum absolute atomic E-state index is 11.1. The lowest BCUT2D eigenvalue weighted by molar-refractivity contribution is -0.114. The molecule has 0 saturated carbocycles. The number of nitrogens with one attached hydrogen (secondary N) is 1. The van der Waals surface area contributed by atoms with E-state index in [1.807, 2.05) is 48.5 Å². The molecule has 5 nitrogen and oxygen atoms in total. The lowest BCUT2D eigenvalue weighted by Gasteiger charge is -2.11. The lowest BCUT2D eigenvalue weighted by Crippen LogP contribution is -2.08. The Kier molecular flexibility index (Phi) is 4.61. The number of fused-ring (bicyclic) bond motifs is 1. The summed E-state index contributed by atoms with van der Waals surface area (Å²) in [5.74, 6) is 1.23. The van der Waals surface area contributed by atoms with Gasteiger partial charge < -0.3 is 15.8 Å². The molecule has 24 heavy (non-hydrogen) atoms. The highest BCUT2D eigenvalue weighted by Gasteiger charge is 2.05. The molecule has 5 heteroatoms. The molecule has 1 heterocycles. The van der Waals surface area contributed by atoms with Gasteiger partial charge in [-0.05, 0) is 29.8 Å². The zero-order valence-corrected chi connectivity index (χ0v) is 13.5. The molecule has 0 atom stereocenters. The average Bonchev–Trinajstić information content (AvgIpc) is 2.57.